The number of hydrogen-bond acceptors (Lipinski definition) is 7. The molecule has 0 aromatic rings. The maximum absolute atomic E-state index is 11.9. The molecule has 10 heteroatoms. The number of phosphoric acid groups is 1. The summed E-state index contributed by atoms with van der Waals surface area (Å²) in [5.41, 5.74) is 0. The van der Waals surface area contributed by atoms with Gasteiger partial charge in [0.1, 0.15) is 12.7 Å². The van der Waals surface area contributed by atoms with Gasteiger partial charge >= 0.3 is 13.8 Å². The first-order valence-electron chi connectivity index (χ1n) is 15.6. The molecule has 9 nitrogen and oxygen atoms in total. The molecule has 3 N–H and O–H groups in total. The van der Waals surface area contributed by atoms with Gasteiger partial charge in [-0.3, -0.25) is 18.6 Å². The summed E-state index contributed by atoms with van der Waals surface area (Å²) in [6, 6.07) is 0. The van der Waals surface area contributed by atoms with E-state index in [1.807, 2.05) is 6.08 Å². The Kier molecular flexibility index (Phi) is 27.7. The van der Waals surface area contributed by atoms with Crippen molar-refractivity contribution in [2.45, 2.75) is 116 Å². The van der Waals surface area contributed by atoms with Crippen molar-refractivity contribution < 1.29 is 37.9 Å². The van der Waals surface area contributed by atoms with Crippen molar-refractivity contribution in [3.63, 3.8) is 0 Å². The molecule has 0 spiro atoms. The quantitative estimate of drug-likeness (QED) is 0.0364. The van der Waals surface area contributed by atoms with E-state index in [9.17, 15) is 24.2 Å². The molecule has 1 amide bonds. The molecule has 2 unspecified atom stereocenters. The van der Waals surface area contributed by atoms with Gasteiger partial charge in [-0.1, -0.05) is 94.6 Å². The molecule has 0 aromatic carbocycles. The van der Waals surface area contributed by atoms with Crippen molar-refractivity contribution in [2.24, 2.45) is 0 Å². The van der Waals surface area contributed by atoms with Crippen LogP contribution in [0.2, 0.25) is 0 Å². The van der Waals surface area contributed by atoms with E-state index < -0.39 is 26.5 Å². The minimum Gasteiger partial charge on any atom is -0.463 e. The molecular formula is C32H56NO8P. The van der Waals surface area contributed by atoms with Crippen LogP contribution in [-0.4, -0.2) is 54.3 Å². The average molecular weight is 614 g/mol. The molecule has 0 heterocycles. The summed E-state index contributed by atoms with van der Waals surface area (Å²) in [5.74, 6) is -0.598. The van der Waals surface area contributed by atoms with Crippen LogP contribution in [0.1, 0.15) is 110 Å². The Labute approximate surface area is 254 Å². The summed E-state index contributed by atoms with van der Waals surface area (Å²) in [6.45, 7) is 3.29. The standard InChI is InChI=1S/C32H56NO8P/c1-3-5-7-9-10-11-12-13-14-15-16-17-18-19-20-21-23-25-32(36)39-28-30(34)29-41-42(37,38)40-27-26-33-31(35)24-22-8-6-4-2/h10-11,13-14,16-17,19-20,30,34H,3-9,12,15,18,21-29H2,1-2H3,(H,33,35)(H,37,38)/b11-10-,14-13-,17-16-,20-19-. The lowest BCUT2D eigenvalue weighted by atomic mass is 10.1. The van der Waals surface area contributed by atoms with E-state index in [0.717, 1.165) is 51.4 Å². The monoisotopic (exact) mass is 613 g/mol. The van der Waals surface area contributed by atoms with Crippen LogP contribution >= 0.6 is 7.82 Å². The lowest BCUT2D eigenvalue weighted by molar-refractivity contribution is -0.147. The van der Waals surface area contributed by atoms with Crippen LogP contribution in [-0.2, 0) is 27.9 Å². The fourth-order valence-corrected chi connectivity index (χ4v) is 4.36. The van der Waals surface area contributed by atoms with Crippen molar-refractivity contribution in [3.05, 3.63) is 48.6 Å². The van der Waals surface area contributed by atoms with Gasteiger partial charge in [-0.2, -0.15) is 0 Å². The lowest BCUT2D eigenvalue weighted by Crippen LogP contribution is -2.27. The number of allylic oxidation sites excluding steroid dienone is 8. The number of nitrogens with one attached hydrogen (secondary N) is 1. The smallest absolute Gasteiger partial charge is 0.463 e. The Morgan fingerprint density at radius 2 is 1.31 bits per heavy atom. The number of rotatable bonds is 28. The van der Waals surface area contributed by atoms with Gasteiger partial charge < -0.3 is 20.1 Å². The highest BCUT2D eigenvalue weighted by Gasteiger charge is 2.23. The van der Waals surface area contributed by atoms with Crippen LogP contribution in [0, 0.1) is 0 Å². The van der Waals surface area contributed by atoms with Crippen molar-refractivity contribution in [1.29, 1.82) is 0 Å². The van der Waals surface area contributed by atoms with Gasteiger partial charge in [0, 0.05) is 19.4 Å². The van der Waals surface area contributed by atoms with E-state index in [1.165, 1.54) is 25.7 Å². The number of phosphoric ester groups is 1. The number of amides is 1. The molecule has 0 aliphatic heterocycles. The largest absolute Gasteiger partial charge is 0.472 e. The van der Waals surface area contributed by atoms with Crippen LogP contribution in [0.3, 0.4) is 0 Å². The second-order valence-corrected chi connectivity index (χ2v) is 11.5. The van der Waals surface area contributed by atoms with Gasteiger partial charge in [0.05, 0.1) is 13.2 Å². The van der Waals surface area contributed by atoms with E-state index in [-0.39, 0.29) is 32.1 Å². The third-order valence-corrected chi connectivity index (χ3v) is 7.00. The second-order valence-electron chi connectivity index (χ2n) is 10.1. The first-order chi connectivity index (χ1) is 20.3. The van der Waals surface area contributed by atoms with Crippen LogP contribution in [0.5, 0.6) is 0 Å². The molecule has 0 saturated carbocycles. The molecule has 0 fully saturated rings. The molecule has 242 valence electrons. The highest BCUT2D eigenvalue weighted by Crippen LogP contribution is 2.42. The second kappa shape index (κ2) is 29.1. The predicted octanol–water partition coefficient (Wildman–Crippen LogP) is 7.26. The topological polar surface area (TPSA) is 131 Å². The normalized spacial score (nSPS) is 14.3. The van der Waals surface area contributed by atoms with E-state index >= 15 is 0 Å². The molecule has 2 atom stereocenters. The zero-order valence-corrected chi connectivity index (χ0v) is 26.8. The van der Waals surface area contributed by atoms with Crippen LogP contribution in [0.25, 0.3) is 0 Å². The molecular weight excluding hydrogens is 557 g/mol. The predicted molar refractivity (Wildman–Crippen MR) is 169 cm³/mol. The number of carbonyl (C=O) groups excluding carboxylic acids is 2. The van der Waals surface area contributed by atoms with Gasteiger partial charge in [-0.15, -0.1) is 0 Å². The Morgan fingerprint density at radius 1 is 0.738 bits per heavy atom. The summed E-state index contributed by atoms with van der Waals surface area (Å²) in [7, 11) is -4.40. The maximum Gasteiger partial charge on any atom is 0.472 e. The number of esters is 1. The summed E-state index contributed by atoms with van der Waals surface area (Å²) >= 11 is 0. The van der Waals surface area contributed by atoms with Crippen LogP contribution < -0.4 is 5.32 Å². The van der Waals surface area contributed by atoms with Gasteiger partial charge in [0.15, 0.2) is 0 Å². The molecule has 0 saturated heterocycles. The molecule has 0 aliphatic rings. The van der Waals surface area contributed by atoms with E-state index in [4.69, 9.17) is 13.8 Å². The third kappa shape index (κ3) is 29.5. The number of aliphatic hydroxyl groups is 1. The number of unbranched alkanes of at least 4 members (excludes halogenated alkanes) is 7. The van der Waals surface area contributed by atoms with Crippen LogP contribution in [0.4, 0.5) is 0 Å². The Morgan fingerprint density at radius 3 is 1.93 bits per heavy atom. The minimum atomic E-state index is -4.40. The van der Waals surface area contributed by atoms with E-state index in [0.29, 0.717) is 12.8 Å². The van der Waals surface area contributed by atoms with Gasteiger partial charge in [-0.05, 0) is 51.4 Å². The summed E-state index contributed by atoms with van der Waals surface area (Å²) in [6.07, 6.45) is 29.6. The molecule has 0 aliphatic carbocycles. The maximum atomic E-state index is 11.9. The zero-order valence-electron chi connectivity index (χ0n) is 25.9. The van der Waals surface area contributed by atoms with Crippen molar-refractivity contribution >= 4 is 19.7 Å². The molecule has 0 aromatic heterocycles. The fraction of sp³-hybridized carbons (Fsp3) is 0.688. The van der Waals surface area contributed by atoms with Gasteiger partial charge in [-0.25, -0.2) is 4.57 Å². The Hall–Kier alpha value is -2.03. The van der Waals surface area contributed by atoms with Crippen molar-refractivity contribution in [3.8, 4) is 0 Å². The zero-order chi connectivity index (χ0) is 31.2. The highest BCUT2D eigenvalue weighted by molar-refractivity contribution is 7.47. The summed E-state index contributed by atoms with van der Waals surface area (Å²) in [4.78, 5) is 33.2. The van der Waals surface area contributed by atoms with Crippen molar-refractivity contribution in [1.82, 2.24) is 5.32 Å². The van der Waals surface area contributed by atoms with Gasteiger partial charge in [0.25, 0.3) is 0 Å². The number of hydrogen-bond donors (Lipinski definition) is 3. The summed E-state index contributed by atoms with van der Waals surface area (Å²) < 4.78 is 26.4. The molecule has 42 heavy (non-hydrogen) atoms. The Balaban J connectivity index is 3.77. The lowest BCUT2D eigenvalue weighted by Gasteiger charge is -2.15. The molecule has 0 rings (SSSR count). The Bertz CT molecular complexity index is 840. The SMILES string of the molecule is CCCCC/C=C\C/C=C\C/C=C\C/C=C\CCCC(=O)OCC(O)COP(=O)(O)OCCNC(=O)CCCCCC. The van der Waals surface area contributed by atoms with Gasteiger partial charge in [0.2, 0.25) is 5.91 Å². The van der Waals surface area contributed by atoms with E-state index in [1.54, 1.807) is 0 Å². The molecule has 0 radical (unpaired) electrons. The number of aliphatic hydroxyl groups excluding tert-OH is 1. The first kappa shape index (κ1) is 40.0. The fourth-order valence-electron chi connectivity index (χ4n) is 3.60. The van der Waals surface area contributed by atoms with E-state index in [2.05, 4.69) is 61.7 Å². The summed E-state index contributed by atoms with van der Waals surface area (Å²) in [5, 5.41) is 12.5. The van der Waals surface area contributed by atoms with Crippen LogP contribution in [0.15, 0.2) is 48.6 Å². The number of ether oxygens (including phenoxy) is 1. The minimum absolute atomic E-state index is 0.0712. The highest BCUT2D eigenvalue weighted by atomic mass is 31.2. The van der Waals surface area contributed by atoms with Crippen molar-refractivity contribution in [2.75, 3.05) is 26.4 Å². The number of carbonyl (C=O) groups is 2. The first-order valence-corrected chi connectivity index (χ1v) is 17.1. The average Bonchev–Trinajstić information content (AvgIpc) is 2.97. The molecule has 0 bridgehead atoms. The third-order valence-electron chi connectivity index (χ3n) is 6.01.